The molecule has 0 fully saturated rings. The molecule has 0 bridgehead atoms. The summed E-state index contributed by atoms with van der Waals surface area (Å²) in [5.74, 6) is 1.26. The molecule has 3 nitrogen and oxygen atoms in total. The number of fused-ring (bicyclic) bond motifs is 2. The van der Waals surface area contributed by atoms with Gasteiger partial charge in [-0.05, 0) is 70.8 Å². The third-order valence-electron chi connectivity index (χ3n) is 5.55. The lowest BCUT2D eigenvalue weighted by molar-refractivity contribution is 0.355. The van der Waals surface area contributed by atoms with Crippen molar-refractivity contribution in [1.29, 1.82) is 0 Å². The molecule has 5 aromatic rings. The van der Waals surface area contributed by atoms with E-state index >= 15 is 0 Å². The van der Waals surface area contributed by atoms with Crippen LogP contribution >= 0.6 is 22.9 Å². The average molecular weight is 459 g/mol. The van der Waals surface area contributed by atoms with Crippen molar-refractivity contribution in [2.45, 2.75) is 0 Å². The second-order valence-electron chi connectivity index (χ2n) is 7.40. The summed E-state index contributed by atoms with van der Waals surface area (Å²) >= 11 is 7.73. The molecule has 0 aliphatic rings. The van der Waals surface area contributed by atoms with Crippen molar-refractivity contribution in [3.8, 4) is 33.8 Å². The molecular formula is C27H19ClO3S. The van der Waals surface area contributed by atoms with Gasteiger partial charge in [0, 0.05) is 25.2 Å². The molecular weight excluding hydrogens is 440 g/mol. The molecule has 158 valence electrons. The zero-order valence-corrected chi connectivity index (χ0v) is 19.1. The standard InChI is InChI=1S/C27H19ClO3S/c1-30-22-12-9-17(14-23(22)31-2)21-13-18(16-7-10-19(28)11-8-16)15-25-26(21)27(29)20-5-3-4-6-24(20)32-25/h3-15H,1-2H3. The van der Waals surface area contributed by atoms with Gasteiger partial charge in [-0.3, -0.25) is 4.79 Å². The fraction of sp³-hybridized carbons (Fsp3) is 0.0741. The lowest BCUT2D eigenvalue weighted by Gasteiger charge is -2.14. The van der Waals surface area contributed by atoms with E-state index in [9.17, 15) is 4.79 Å². The van der Waals surface area contributed by atoms with E-state index < -0.39 is 0 Å². The van der Waals surface area contributed by atoms with Crippen molar-refractivity contribution >= 4 is 43.1 Å². The largest absolute Gasteiger partial charge is 0.493 e. The Morgan fingerprint density at radius 2 is 1.44 bits per heavy atom. The Hall–Kier alpha value is -3.34. The van der Waals surface area contributed by atoms with Crippen LogP contribution in [0, 0.1) is 0 Å². The monoisotopic (exact) mass is 458 g/mol. The molecule has 1 aromatic heterocycles. The van der Waals surface area contributed by atoms with E-state index in [0.717, 1.165) is 37.0 Å². The quantitative estimate of drug-likeness (QED) is 0.263. The highest BCUT2D eigenvalue weighted by molar-refractivity contribution is 7.24. The van der Waals surface area contributed by atoms with Crippen LogP contribution in [0.1, 0.15) is 0 Å². The summed E-state index contributed by atoms with van der Waals surface area (Å²) in [6.07, 6.45) is 0. The van der Waals surface area contributed by atoms with E-state index in [-0.39, 0.29) is 5.43 Å². The maximum absolute atomic E-state index is 13.6. The van der Waals surface area contributed by atoms with Crippen molar-refractivity contribution < 1.29 is 9.47 Å². The number of halogens is 1. The Bertz CT molecular complexity index is 1520. The first-order chi connectivity index (χ1) is 15.6. The predicted octanol–water partition coefficient (Wildman–Crippen LogP) is 7.42. The van der Waals surface area contributed by atoms with E-state index in [0.29, 0.717) is 21.9 Å². The maximum Gasteiger partial charge on any atom is 0.196 e. The number of ether oxygens (including phenoxy) is 2. The first kappa shape index (κ1) is 20.6. The van der Waals surface area contributed by atoms with Crippen molar-refractivity contribution in [1.82, 2.24) is 0 Å². The topological polar surface area (TPSA) is 35.5 Å². The van der Waals surface area contributed by atoms with Crippen molar-refractivity contribution in [2.75, 3.05) is 14.2 Å². The molecule has 0 amide bonds. The molecule has 0 atom stereocenters. The highest BCUT2D eigenvalue weighted by Crippen LogP contribution is 2.39. The van der Waals surface area contributed by atoms with Crippen LogP contribution in [0.5, 0.6) is 11.5 Å². The van der Waals surface area contributed by atoms with Crippen LogP contribution in [0.15, 0.2) is 83.7 Å². The Labute approximate surface area is 194 Å². The summed E-state index contributed by atoms with van der Waals surface area (Å²) in [5, 5.41) is 2.12. The molecule has 0 aliphatic carbocycles. The van der Waals surface area contributed by atoms with Gasteiger partial charge in [0.25, 0.3) is 0 Å². The molecule has 0 aliphatic heterocycles. The van der Waals surface area contributed by atoms with Gasteiger partial charge in [0.05, 0.1) is 14.2 Å². The molecule has 5 heteroatoms. The molecule has 0 N–H and O–H groups in total. The molecule has 5 rings (SSSR count). The lowest BCUT2D eigenvalue weighted by atomic mass is 9.95. The summed E-state index contributed by atoms with van der Waals surface area (Å²) in [6, 6.07) is 25.4. The summed E-state index contributed by atoms with van der Waals surface area (Å²) in [5.41, 5.74) is 3.83. The Balaban J connectivity index is 1.87. The minimum absolute atomic E-state index is 0.0294. The van der Waals surface area contributed by atoms with E-state index in [2.05, 4.69) is 12.1 Å². The fourth-order valence-corrected chi connectivity index (χ4v) is 5.24. The summed E-state index contributed by atoms with van der Waals surface area (Å²) in [4.78, 5) is 13.6. The van der Waals surface area contributed by atoms with Gasteiger partial charge in [0.15, 0.2) is 16.9 Å². The van der Waals surface area contributed by atoms with Gasteiger partial charge in [0.1, 0.15) is 0 Å². The molecule has 0 saturated heterocycles. The van der Waals surface area contributed by atoms with Crippen LogP contribution in [0.3, 0.4) is 0 Å². The molecule has 1 heterocycles. The minimum atomic E-state index is 0.0294. The minimum Gasteiger partial charge on any atom is -0.493 e. The lowest BCUT2D eigenvalue weighted by Crippen LogP contribution is -2.03. The molecule has 0 radical (unpaired) electrons. The van der Waals surface area contributed by atoms with Crippen LogP contribution in [0.4, 0.5) is 0 Å². The SMILES string of the molecule is COc1ccc(-c2cc(-c3ccc(Cl)cc3)cc3sc4ccccc4c(=O)c23)cc1OC. The van der Waals surface area contributed by atoms with Gasteiger partial charge in [-0.2, -0.15) is 0 Å². The van der Waals surface area contributed by atoms with E-state index in [1.54, 1.807) is 25.6 Å². The molecule has 0 saturated carbocycles. The molecule has 0 unspecified atom stereocenters. The van der Waals surface area contributed by atoms with E-state index in [1.165, 1.54) is 0 Å². The number of hydrogen-bond acceptors (Lipinski definition) is 4. The third kappa shape index (κ3) is 3.52. The van der Waals surface area contributed by atoms with Gasteiger partial charge in [-0.25, -0.2) is 0 Å². The normalized spacial score (nSPS) is 11.1. The summed E-state index contributed by atoms with van der Waals surface area (Å²) in [6.45, 7) is 0. The Kier molecular flexibility index (Phi) is 5.33. The maximum atomic E-state index is 13.6. The van der Waals surface area contributed by atoms with Gasteiger partial charge in [-0.1, -0.05) is 41.9 Å². The number of hydrogen-bond donors (Lipinski definition) is 0. The first-order valence-electron chi connectivity index (χ1n) is 10.1. The predicted molar refractivity (Wildman–Crippen MR) is 135 cm³/mol. The van der Waals surface area contributed by atoms with Crippen LogP contribution in [0.2, 0.25) is 5.02 Å². The fourth-order valence-electron chi connectivity index (χ4n) is 3.97. The second kappa shape index (κ2) is 8.30. The van der Waals surface area contributed by atoms with Gasteiger partial charge in [-0.15, -0.1) is 11.3 Å². The Morgan fingerprint density at radius 1 is 0.719 bits per heavy atom. The molecule has 0 spiro atoms. The van der Waals surface area contributed by atoms with Crippen LogP contribution in [0.25, 0.3) is 42.4 Å². The highest BCUT2D eigenvalue weighted by atomic mass is 35.5. The van der Waals surface area contributed by atoms with E-state index in [1.807, 2.05) is 66.7 Å². The van der Waals surface area contributed by atoms with Crippen LogP contribution in [-0.2, 0) is 0 Å². The van der Waals surface area contributed by atoms with Gasteiger partial charge >= 0.3 is 0 Å². The number of benzene rings is 4. The summed E-state index contributed by atoms with van der Waals surface area (Å²) < 4.78 is 12.8. The van der Waals surface area contributed by atoms with Crippen LogP contribution in [-0.4, -0.2) is 14.2 Å². The van der Waals surface area contributed by atoms with Gasteiger partial charge < -0.3 is 9.47 Å². The number of methoxy groups -OCH3 is 2. The van der Waals surface area contributed by atoms with Crippen molar-refractivity contribution in [3.63, 3.8) is 0 Å². The average Bonchev–Trinajstić information content (AvgIpc) is 2.83. The van der Waals surface area contributed by atoms with Crippen LogP contribution < -0.4 is 14.9 Å². The van der Waals surface area contributed by atoms with Gasteiger partial charge in [0.2, 0.25) is 0 Å². The van der Waals surface area contributed by atoms with E-state index in [4.69, 9.17) is 21.1 Å². The summed E-state index contributed by atoms with van der Waals surface area (Å²) in [7, 11) is 3.22. The highest BCUT2D eigenvalue weighted by Gasteiger charge is 2.16. The third-order valence-corrected chi connectivity index (χ3v) is 6.92. The first-order valence-corrected chi connectivity index (χ1v) is 11.3. The molecule has 32 heavy (non-hydrogen) atoms. The zero-order chi connectivity index (χ0) is 22.2. The molecule has 4 aromatic carbocycles. The van der Waals surface area contributed by atoms with Crippen molar-refractivity contribution in [2.24, 2.45) is 0 Å². The second-order valence-corrected chi connectivity index (χ2v) is 8.92. The number of rotatable bonds is 4. The van der Waals surface area contributed by atoms with Crippen molar-refractivity contribution in [3.05, 3.63) is 94.1 Å². The zero-order valence-electron chi connectivity index (χ0n) is 17.5. The smallest absolute Gasteiger partial charge is 0.196 e. The Morgan fingerprint density at radius 3 is 2.19 bits per heavy atom.